The lowest BCUT2D eigenvalue weighted by Crippen LogP contribution is -2.50. The minimum Gasteiger partial charge on any atom is -0.368 e. The van der Waals surface area contributed by atoms with Crippen molar-refractivity contribution >= 4 is 5.91 Å². The fraction of sp³-hybridized carbons (Fsp3) is 0.909. The van der Waals surface area contributed by atoms with Gasteiger partial charge in [-0.25, -0.2) is 0 Å². The van der Waals surface area contributed by atoms with E-state index in [1.165, 1.54) is 0 Å². The topological polar surface area (TPSA) is 58.4 Å². The van der Waals surface area contributed by atoms with Gasteiger partial charge in [0.15, 0.2) is 0 Å². The van der Waals surface area contributed by atoms with Crippen molar-refractivity contribution in [1.29, 1.82) is 0 Å². The first-order valence-electron chi connectivity index (χ1n) is 5.80. The van der Waals surface area contributed by atoms with Crippen LogP contribution in [0.3, 0.4) is 0 Å². The average Bonchev–Trinajstić information content (AvgIpc) is 2.18. The lowest BCUT2D eigenvalue weighted by molar-refractivity contribution is -0.119. The molecule has 1 saturated heterocycles. The van der Waals surface area contributed by atoms with Crippen LogP contribution in [-0.2, 0) is 4.79 Å². The van der Waals surface area contributed by atoms with E-state index in [1.54, 1.807) is 0 Å². The van der Waals surface area contributed by atoms with E-state index in [9.17, 15) is 4.79 Å². The molecular weight excluding hydrogens is 190 g/mol. The molecule has 0 aromatic heterocycles. The van der Waals surface area contributed by atoms with Crippen molar-refractivity contribution in [3.05, 3.63) is 0 Å². The quantitative estimate of drug-likeness (QED) is 0.707. The van der Waals surface area contributed by atoms with Gasteiger partial charge in [0, 0.05) is 12.1 Å². The van der Waals surface area contributed by atoms with E-state index in [0.717, 1.165) is 25.9 Å². The first-order chi connectivity index (χ1) is 7.00. The Morgan fingerprint density at radius 2 is 1.87 bits per heavy atom. The number of rotatable bonds is 4. The van der Waals surface area contributed by atoms with Crippen LogP contribution in [0.15, 0.2) is 0 Å². The van der Waals surface area contributed by atoms with Crippen molar-refractivity contribution in [2.75, 3.05) is 13.1 Å². The molecule has 0 spiro atoms. The zero-order chi connectivity index (χ0) is 11.4. The average molecular weight is 213 g/mol. The second-order valence-electron chi connectivity index (χ2n) is 4.69. The van der Waals surface area contributed by atoms with Crippen molar-refractivity contribution in [2.45, 2.75) is 51.7 Å². The molecule has 0 aliphatic carbocycles. The molecule has 1 fully saturated rings. The van der Waals surface area contributed by atoms with E-state index < -0.39 is 0 Å². The first kappa shape index (κ1) is 12.5. The molecule has 0 aromatic carbocycles. The lowest BCUT2D eigenvalue weighted by atomic mass is 10.0. The Balaban J connectivity index is 2.28. The molecule has 3 N–H and O–H groups in total. The van der Waals surface area contributed by atoms with Crippen LogP contribution in [0.1, 0.15) is 33.6 Å². The lowest BCUT2D eigenvalue weighted by Gasteiger charge is -2.35. The minimum absolute atomic E-state index is 0.208. The Kier molecular flexibility index (Phi) is 4.54. The highest BCUT2D eigenvalue weighted by atomic mass is 16.1. The maximum absolute atomic E-state index is 10.9. The number of nitrogens with one attached hydrogen (secondary N) is 1. The summed E-state index contributed by atoms with van der Waals surface area (Å²) in [6.45, 7) is 8.50. The number of hydrogen-bond donors (Lipinski definition) is 2. The Bertz CT molecular complexity index is 210. The van der Waals surface area contributed by atoms with E-state index in [-0.39, 0.29) is 11.9 Å². The molecule has 4 nitrogen and oxygen atoms in total. The number of primary amides is 1. The second-order valence-corrected chi connectivity index (χ2v) is 4.69. The monoisotopic (exact) mass is 213 g/mol. The third-order valence-corrected chi connectivity index (χ3v) is 3.17. The van der Waals surface area contributed by atoms with Crippen molar-refractivity contribution in [1.82, 2.24) is 10.2 Å². The number of nitrogens with two attached hydrogens (primary N) is 1. The van der Waals surface area contributed by atoms with Crippen molar-refractivity contribution in [3.8, 4) is 0 Å². The number of hydrogen-bond acceptors (Lipinski definition) is 3. The number of carbonyl (C=O) groups is 1. The van der Waals surface area contributed by atoms with Crippen LogP contribution in [0.2, 0.25) is 0 Å². The van der Waals surface area contributed by atoms with Gasteiger partial charge in [-0.2, -0.15) is 0 Å². The predicted molar refractivity (Wildman–Crippen MR) is 61.5 cm³/mol. The summed E-state index contributed by atoms with van der Waals surface area (Å²) in [7, 11) is 0. The van der Waals surface area contributed by atoms with Gasteiger partial charge < -0.3 is 16.0 Å². The van der Waals surface area contributed by atoms with Crippen molar-refractivity contribution in [3.63, 3.8) is 0 Å². The van der Waals surface area contributed by atoms with Gasteiger partial charge in [-0.3, -0.25) is 4.79 Å². The molecule has 4 heteroatoms. The summed E-state index contributed by atoms with van der Waals surface area (Å²) in [6, 6.07) is 0.864. The van der Waals surface area contributed by atoms with Crippen LogP contribution >= 0.6 is 0 Å². The number of carbonyl (C=O) groups excluding carboxylic acids is 1. The molecule has 0 aromatic rings. The van der Waals surface area contributed by atoms with Crippen LogP contribution in [0.4, 0.5) is 0 Å². The largest absolute Gasteiger partial charge is 0.368 e. The molecule has 1 amide bonds. The molecule has 0 saturated carbocycles. The summed E-state index contributed by atoms with van der Waals surface area (Å²) in [6.07, 6.45) is 2.21. The Hall–Kier alpha value is -0.610. The van der Waals surface area contributed by atoms with Gasteiger partial charge in [-0.15, -0.1) is 0 Å². The maximum atomic E-state index is 10.9. The fourth-order valence-electron chi connectivity index (χ4n) is 2.02. The molecule has 88 valence electrons. The van der Waals surface area contributed by atoms with E-state index in [2.05, 4.69) is 24.1 Å². The van der Waals surface area contributed by atoms with Gasteiger partial charge in [0.1, 0.15) is 0 Å². The maximum Gasteiger partial charge on any atom is 0.234 e. The van der Waals surface area contributed by atoms with Crippen LogP contribution in [-0.4, -0.2) is 42.0 Å². The number of piperidine rings is 1. The van der Waals surface area contributed by atoms with Gasteiger partial charge in [-0.05, 0) is 46.7 Å². The summed E-state index contributed by atoms with van der Waals surface area (Å²) >= 11 is 0. The van der Waals surface area contributed by atoms with Gasteiger partial charge in [0.05, 0.1) is 6.04 Å². The smallest absolute Gasteiger partial charge is 0.234 e. The zero-order valence-corrected chi connectivity index (χ0v) is 9.99. The molecule has 0 bridgehead atoms. The Labute approximate surface area is 92.2 Å². The number of nitrogens with zero attached hydrogens (tertiary/aromatic N) is 1. The second kappa shape index (κ2) is 5.47. The third kappa shape index (κ3) is 3.80. The van der Waals surface area contributed by atoms with Crippen molar-refractivity contribution < 1.29 is 4.79 Å². The Morgan fingerprint density at radius 1 is 1.33 bits per heavy atom. The number of likely N-dealkylation sites (tertiary alicyclic amines) is 1. The SMILES string of the molecule is CC(NC1CCN(C(C)C)CC1)C(N)=O. The van der Waals surface area contributed by atoms with Crippen LogP contribution in [0.25, 0.3) is 0 Å². The molecular formula is C11H23N3O. The van der Waals surface area contributed by atoms with Crippen LogP contribution < -0.4 is 11.1 Å². The summed E-state index contributed by atoms with van der Waals surface area (Å²) < 4.78 is 0. The first-order valence-corrected chi connectivity index (χ1v) is 5.80. The fourth-order valence-corrected chi connectivity index (χ4v) is 2.02. The predicted octanol–water partition coefficient (Wildman–Crippen LogP) is 0.323. The molecule has 1 rings (SSSR count). The standard InChI is InChI=1S/C11H23N3O/c1-8(2)14-6-4-10(5-7-14)13-9(3)11(12)15/h8-10,13H,4-7H2,1-3H3,(H2,12,15). The van der Waals surface area contributed by atoms with Gasteiger partial charge in [0.25, 0.3) is 0 Å². The summed E-state index contributed by atoms with van der Waals surface area (Å²) in [5.74, 6) is -0.263. The van der Waals surface area contributed by atoms with Crippen LogP contribution in [0, 0.1) is 0 Å². The molecule has 1 unspecified atom stereocenters. The summed E-state index contributed by atoms with van der Waals surface area (Å²) in [4.78, 5) is 13.4. The molecule has 1 heterocycles. The minimum atomic E-state index is -0.263. The third-order valence-electron chi connectivity index (χ3n) is 3.17. The van der Waals surface area contributed by atoms with E-state index in [4.69, 9.17) is 5.73 Å². The normalized spacial score (nSPS) is 21.9. The van der Waals surface area contributed by atoms with E-state index in [1.807, 2.05) is 6.92 Å². The highest BCUT2D eigenvalue weighted by Crippen LogP contribution is 2.13. The van der Waals surface area contributed by atoms with Gasteiger partial charge in [0.2, 0.25) is 5.91 Å². The number of amides is 1. The summed E-state index contributed by atoms with van der Waals surface area (Å²) in [5, 5.41) is 3.28. The molecule has 0 radical (unpaired) electrons. The molecule has 15 heavy (non-hydrogen) atoms. The van der Waals surface area contributed by atoms with Gasteiger partial charge in [-0.1, -0.05) is 0 Å². The van der Waals surface area contributed by atoms with E-state index in [0.29, 0.717) is 12.1 Å². The molecule has 1 aliphatic rings. The Morgan fingerprint density at radius 3 is 2.27 bits per heavy atom. The molecule has 1 aliphatic heterocycles. The highest BCUT2D eigenvalue weighted by molar-refractivity contribution is 5.79. The van der Waals surface area contributed by atoms with Crippen LogP contribution in [0.5, 0.6) is 0 Å². The zero-order valence-electron chi connectivity index (χ0n) is 9.99. The summed E-state index contributed by atoms with van der Waals surface area (Å²) in [5.41, 5.74) is 5.22. The van der Waals surface area contributed by atoms with Crippen molar-refractivity contribution in [2.24, 2.45) is 5.73 Å². The van der Waals surface area contributed by atoms with Gasteiger partial charge >= 0.3 is 0 Å². The van der Waals surface area contributed by atoms with E-state index >= 15 is 0 Å². The molecule has 1 atom stereocenters. The highest BCUT2D eigenvalue weighted by Gasteiger charge is 2.22.